The van der Waals surface area contributed by atoms with Crippen LogP contribution in [0, 0.1) is 19.8 Å². The van der Waals surface area contributed by atoms with Crippen LogP contribution in [-0.2, 0) is 22.7 Å². The molecule has 9 heteroatoms. The first-order valence-electron chi connectivity index (χ1n) is 15.7. The number of nitrogens with zero attached hydrogens (tertiary/aromatic N) is 1. The fraction of sp³-hybridized carbons (Fsp3) is 0.444. The summed E-state index contributed by atoms with van der Waals surface area (Å²) >= 11 is 0. The van der Waals surface area contributed by atoms with Crippen LogP contribution in [-0.4, -0.2) is 62.2 Å². The zero-order valence-corrected chi connectivity index (χ0v) is 27.4. The second-order valence-electron chi connectivity index (χ2n) is 11.8. The Bertz CT molecular complexity index is 1430. The highest BCUT2D eigenvalue weighted by Crippen LogP contribution is 2.32. The molecule has 2 N–H and O–H groups in total. The van der Waals surface area contributed by atoms with E-state index in [1.165, 1.54) is 16.7 Å². The maximum Gasteiger partial charge on any atom is 0.255 e. The molecule has 8 nitrogen and oxygen atoms in total. The highest BCUT2D eigenvalue weighted by molar-refractivity contribution is 5.97. The molecule has 2 fully saturated rings. The highest BCUT2D eigenvalue weighted by atomic mass is 35.5. The number of carbonyl (C=O) groups excluding carboxylic acids is 2. The third-order valence-electron chi connectivity index (χ3n) is 8.72. The van der Waals surface area contributed by atoms with Crippen LogP contribution in [0.4, 0.5) is 0 Å². The van der Waals surface area contributed by atoms with Crippen LogP contribution in [0.5, 0.6) is 11.5 Å². The minimum Gasteiger partial charge on any atom is -0.496 e. The summed E-state index contributed by atoms with van der Waals surface area (Å²) in [7, 11) is 1.65. The first-order valence-corrected chi connectivity index (χ1v) is 15.7. The van der Waals surface area contributed by atoms with Crippen molar-refractivity contribution in [2.45, 2.75) is 64.8 Å². The number of methoxy groups -OCH3 is 1. The van der Waals surface area contributed by atoms with Crippen molar-refractivity contribution in [3.63, 3.8) is 0 Å². The lowest BCUT2D eigenvalue weighted by Crippen LogP contribution is -2.55. The van der Waals surface area contributed by atoms with Crippen LogP contribution in [0.15, 0.2) is 66.7 Å². The Labute approximate surface area is 273 Å². The van der Waals surface area contributed by atoms with Crippen LogP contribution in [0.25, 0.3) is 0 Å². The molecule has 2 amide bonds. The quantitative estimate of drug-likeness (QED) is 0.224. The summed E-state index contributed by atoms with van der Waals surface area (Å²) in [6.45, 7) is 7.53. The lowest BCUT2D eigenvalue weighted by atomic mass is 9.91. The number of benzene rings is 3. The predicted octanol–water partition coefficient (Wildman–Crippen LogP) is 5.62. The van der Waals surface area contributed by atoms with E-state index in [0.717, 1.165) is 30.7 Å². The number of hydrogen-bond donors (Lipinski definition) is 2. The minimum atomic E-state index is -0.327. The Morgan fingerprint density at radius 3 is 2.42 bits per heavy atom. The Balaban J connectivity index is 0.00000461. The van der Waals surface area contributed by atoms with Gasteiger partial charge in [-0.3, -0.25) is 9.59 Å². The number of piperidine rings is 1. The average Bonchev–Trinajstić information content (AvgIpc) is 3.89. The molecule has 45 heavy (non-hydrogen) atoms. The van der Waals surface area contributed by atoms with Crippen molar-refractivity contribution in [2.75, 3.05) is 33.4 Å². The zero-order chi connectivity index (χ0) is 30.9. The Hall–Kier alpha value is -3.59. The number of nitrogens with one attached hydrogen (secondary N) is 2. The van der Waals surface area contributed by atoms with Crippen molar-refractivity contribution < 1.29 is 23.8 Å². The van der Waals surface area contributed by atoms with E-state index in [1.807, 2.05) is 47.4 Å². The summed E-state index contributed by atoms with van der Waals surface area (Å²) in [5.74, 6) is 0.907. The molecule has 3 aromatic rings. The monoisotopic (exact) mass is 635 g/mol. The maximum absolute atomic E-state index is 14.0. The van der Waals surface area contributed by atoms with E-state index in [1.54, 1.807) is 13.2 Å². The highest BCUT2D eigenvalue weighted by Gasteiger charge is 2.40. The lowest BCUT2D eigenvalue weighted by Gasteiger charge is -2.36. The normalized spacial score (nSPS) is 17.6. The minimum absolute atomic E-state index is 0. The molecule has 1 aliphatic carbocycles. The second kappa shape index (κ2) is 16.6. The fourth-order valence-electron chi connectivity index (χ4n) is 5.82. The summed E-state index contributed by atoms with van der Waals surface area (Å²) in [6, 6.07) is 21.4. The van der Waals surface area contributed by atoms with Gasteiger partial charge in [0, 0.05) is 37.2 Å². The molecule has 1 heterocycles. The van der Waals surface area contributed by atoms with Crippen molar-refractivity contribution in [1.29, 1.82) is 0 Å². The third-order valence-corrected chi connectivity index (χ3v) is 8.72. The van der Waals surface area contributed by atoms with Gasteiger partial charge in [0.1, 0.15) is 11.5 Å². The number of aryl methyl sites for hydroxylation is 1. The molecule has 3 aromatic carbocycles. The van der Waals surface area contributed by atoms with Gasteiger partial charge in [-0.25, -0.2) is 0 Å². The van der Waals surface area contributed by atoms with E-state index in [9.17, 15) is 9.59 Å². The van der Waals surface area contributed by atoms with E-state index in [4.69, 9.17) is 14.2 Å². The summed E-state index contributed by atoms with van der Waals surface area (Å²) in [4.78, 5) is 29.6. The van der Waals surface area contributed by atoms with Crippen molar-refractivity contribution in [2.24, 2.45) is 5.92 Å². The van der Waals surface area contributed by atoms with Crippen LogP contribution in [0.2, 0.25) is 0 Å². The molecular weight excluding hydrogens is 590 g/mol. The number of carbonyl (C=O) groups is 2. The molecule has 0 radical (unpaired) electrons. The SMILES string of the molecule is COc1ccccc1COCCCOc1ccccc1C(=O)N[C@H]1CCNCC1C(=O)N(Cc1cccc(C)c1C)C1CC1.Cl. The fourth-order valence-corrected chi connectivity index (χ4v) is 5.82. The predicted molar refractivity (Wildman–Crippen MR) is 178 cm³/mol. The van der Waals surface area contributed by atoms with Gasteiger partial charge in [-0.2, -0.15) is 0 Å². The molecular formula is C36H46ClN3O5. The number of para-hydroxylation sites is 2. The molecule has 1 saturated heterocycles. The molecule has 2 aliphatic rings. The van der Waals surface area contributed by atoms with Gasteiger partial charge in [0.05, 0.1) is 38.4 Å². The van der Waals surface area contributed by atoms with Crippen molar-refractivity contribution >= 4 is 24.2 Å². The number of ether oxygens (including phenoxy) is 3. The average molecular weight is 636 g/mol. The Morgan fingerprint density at radius 2 is 1.64 bits per heavy atom. The van der Waals surface area contributed by atoms with Crippen molar-refractivity contribution in [1.82, 2.24) is 15.5 Å². The summed E-state index contributed by atoms with van der Waals surface area (Å²) < 4.78 is 17.2. The molecule has 2 atom stereocenters. The number of hydrogen-bond acceptors (Lipinski definition) is 6. The van der Waals surface area contributed by atoms with E-state index in [2.05, 4.69) is 42.7 Å². The van der Waals surface area contributed by atoms with Gasteiger partial charge in [0.2, 0.25) is 5.91 Å². The van der Waals surface area contributed by atoms with Gasteiger partial charge >= 0.3 is 0 Å². The first-order chi connectivity index (χ1) is 21.5. The van der Waals surface area contributed by atoms with E-state index in [-0.39, 0.29) is 42.2 Å². The number of amides is 2. The Morgan fingerprint density at radius 1 is 0.911 bits per heavy atom. The lowest BCUT2D eigenvalue weighted by molar-refractivity contribution is -0.138. The number of rotatable bonds is 14. The zero-order valence-electron chi connectivity index (χ0n) is 26.6. The van der Waals surface area contributed by atoms with Gasteiger partial charge in [-0.1, -0.05) is 48.5 Å². The standard InChI is InChI=1S/C36H45N3O5.ClH/c1-25-10-8-12-27(26(25)2)23-39(29-16-17-29)36(41)31-22-37-19-18-32(31)38-35(40)30-13-5-7-15-34(30)44-21-9-20-43-24-28-11-4-6-14-33(28)42-3;/h4-8,10-15,29,31-32,37H,9,16-24H2,1-3H3,(H,38,40);1H/t31?,32-;/m0./s1. The molecule has 1 aliphatic heterocycles. The topological polar surface area (TPSA) is 89.1 Å². The molecule has 0 spiro atoms. The molecule has 0 bridgehead atoms. The molecule has 5 rings (SSSR count). The molecule has 1 saturated carbocycles. The van der Waals surface area contributed by atoms with Gasteiger partial charge in [-0.15, -0.1) is 12.4 Å². The maximum atomic E-state index is 14.0. The second-order valence-corrected chi connectivity index (χ2v) is 11.8. The summed E-state index contributed by atoms with van der Waals surface area (Å²) in [6.07, 6.45) is 3.43. The third kappa shape index (κ3) is 9.00. The Kier molecular flexibility index (Phi) is 12.7. The smallest absolute Gasteiger partial charge is 0.255 e. The van der Waals surface area contributed by atoms with Crippen LogP contribution < -0.4 is 20.1 Å². The van der Waals surface area contributed by atoms with E-state index < -0.39 is 0 Å². The van der Waals surface area contributed by atoms with Crippen LogP contribution >= 0.6 is 12.4 Å². The van der Waals surface area contributed by atoms with Crippen molar-refractivity contribution in [3.05, 3.63) is 94.5 Å². The van der Waals surface area contributed by atoms with Gasteiger partial charge in [-0.05, 0) is 74.5 Å². The molecule has 1 unspecified atom stereocenters. The largest absolute Gasteiger partial charge is 0.496 e. The van der Waals surface area contributed by atoms with E-state index >= 15 is 0 Å². The summed E-state index contributed by atoms with van der Waals surface area (Å²) in [5.41, 5.74) is 5.12. The van der Waals surface area contributed by atoms with Crippen LogP contribution in [0.3, 0.4) is 0 Å². The van der Waals surface area contributed by atoms with Crippen LogP contribution in [0.1, 0.15) is 58.3 Å². The van der Waals surface area contributed by atoms with Gasteiger partial charge in [0.25, 0.3) is 5.91 Å². The molecule has 242 valence electrons. The molecule has 0 aromatic heterocycles. The summed E-state index contributed by atoms with van der Waals surface area (Å²) in [5, 5.41) is 6.59. The van der Waals surface area contributed by atoms with Crippen molar-refractivity contribution in [3.8, 4) is 11.5 Å². The number of halogens is 1. The van der Waals surface area contributed by atoms with Gasteiger partial charge < -0.3 is 29.7 Å². The van der Waals surface area contributed by atoms with Gasteiger partial charge in [0.15, 0.2) is 0 Å². The van der Waals surface area contributed by atoms with E-state index in [0.29, 0.717) is 57.1 Å². The first kappa shape index (κ1) is 34.3.